The van der Waals surface area contributed by atoms with E-state index in [2.05, 4.69) is 47.2 Å². The Bertz CT molecular complexity index is 1230. The van der Waals surface area contributed by atoms with Crippen LogP contribution in [0.1, 0.15) is 29.4 Å². The zero-order valence-electron chi connectivity index (χ0n) is 17.6. The second kappa shape index (κ2) is 9.19. The number of hydrogen-bond donors (Lipinski definition) is 1. The molecule has 4 rings (SSSR count). The van der Waals surface area contributed by atoms with Gasteiger partial charge in [0.1, 0.15) is 18.5 Å². The normalized spacial score (nSPS) is 11.3. The summed E-state index contributed by atoms with van der Waals surface area (Å²) in [5, 5.41) is 9.69. The lowest BCUT2D eigenvalue weighted by molar-refractivity contribution is 0.269. The Labute approximate surface area is 181 Å². The smallest absolute Gasteiger partial charge is 0.161 e. The number of hydrogen-bond acceptors (Lipinski definition) is 4. The average Bonchev–Trinajstić information content (AvgIpc) is 3.22. The highest BCUT2D eigenvalue weighted by molar-refractivity contribution is 5.90. The molecule has 0 aliphatic heterocycles. The standard InChI is InChI=1S/C26H23N3O2/c1-3-30-25-15-20(12-13-24(25)31-17-19-10-8-18(2)9-11-19)14-21(16-27)26-28-22-6-4-5-7-23(22)29-26/h4-15H,3,17H2,1-2H3,(H,28,29). The molecule has 0 fully saturated rings. The summed E-state index contributed by atoms with van der Waals surface area (Å²) in [7, 11) is 0. The van der Waals surface area contributed by atoms with E-state index in [0.717, 1.165) is 22.2 Å². The highest BCUT2D eigenvalue weighted by Gasteiger charge is 2.10. The van der Waals surface area contributed by atoms with Gasteiger partial charge in [-0.05, 0) is 55.3 Å². The molecule has 0 amide bonds. The van der Waals surface area contributed by atoms with Crippen molar-refractivity contribution in [3.05, 3.63) is 89.2 Å². The number of aromatic amines is 1. The third-order valence-corrected chi connectivity index (χ3v) is 4.86. The highest BCUT2D eigenvalue weighted by Crippen LogP contribution is 2.31. The van der Waals surface area contributed by atoms with Crippen LogP contribution in [0.2, 0.25) is 0 Å². The molecule has 0 atom stereocenters. The van der Waals surface area contributed by atoms with Gasteiger partial charge in [-0.25, -0.2) is 4.98 Å². The third kappa shape index (κ3) is 4.76. The Morgan fingerprint density at radius 3 is 2.58 bits per heavy atom. The average molecular weight is 409 g/mol. The molecule has 0 aliphatic carbocycles. The Balaban J connectivity index is 1.59. The van der Waals surface area contributed by atoms with E-state index in [4.69, 9.17) is 9.47 Å². The van der Waals surface area contributed by atoms with Crippen LogP contribution in [0.5, 0.6) is 11.5 Å². The second-order valence-corrected chi connectivity index (χ2v) is 7.19. The molecular weight excluding hydrogens is 386 g/mol. The third-order valence-electron chi connectivity index (χ3n) is 4.86. The van der Waals surface area contributed by atoms with Gasteiger partial charge in [-0.15, -0.1) is 0 Å². The molecular formula is C26H23N3O2. The molecule has 0 saturated heterocycles. The van der Waals surface area contributed by atoms with Crippen LogP contribution in [0.15, 0.2) is 66.7 Å². The molecule has 1 aromatic heterocycles. The molecule has 5 nitrogen and oxygen atoms in total. The summed E-state index contributed by atoms with van der Waals surface area (Å²) in [4.78, 5) is 7.73. The SMILES string of the molecule is CCOc1cc(C=C(C#N)c2nc3ccccc3[nH]2)ccc1OCc1ccc(C)cc1. The number of nitriles is 1. The van der Waals surface area contributed by atoms with Gasteiger partial charge in [-0.3, -0.25) is 0 Å². The van der Waals surface area contributed by atoms with Crippen molar-refractivity contribution in [1.82, 2.24) is 9.97 Å². The highest BCUT2D eigenvalue weighted by atomic mass is 16.5. The number of nitrogens with zero attached hydrogens (tertiary/aromatic N) is 2. The van der Waals surface area contributed by atoms with Gasteiger partial charge in [-0.1, -0.05) is 48.0 Å². The first-order valence-electron chi connectivity index (χ1n) is 10.2. The molecule has 0 spiro atoms. The minimum absolute atomic E-state index is 0.451. The molecule has 4 aromatic rings. The predicted molar refractivity (Wildman–Crippen MR) is 123 cm³/mol. The van der Waals surface area contributed by atoms with Crippen molar-refractivity contribution < 1.29 is 9.47 Å². The fourth-order valence-corrected chi connectivity index (χ4v) is 3.25. The Morgan fingerprint density at radius 2 is 1.84 bits per heavy atom. The lowest BCUT2D eigenvalue weighted by Gasteiger charge is -2.13. The number of para-hydroxylation sites is 2. The lowest BCUT2D eigenvalue weighted by Crippen LogP contribution is -2.00. The van der Waals surface area contributed by atoms with Crippen LogP contribution in [0.4, 0.5) is 0 Å². The van der Waals surface area contributed by atoms with Crippen LogP contribution in [0, 0.1) is 18.3 Å². The van der Waals surface area contributed by atoms with Gasteiger partial charge in [0.15, 0.2) is 11.5 Å². The number of rotatable bonds is 7. The predicted octanol–water partition coefficient (Wildman–Crippen LogP) is 5.91. The molecule has 0 radical (unpaired) electrons. The maximum absolute atomic E-state index is 9.69. The minimum atomic E-state index is 0.451. The van der Waals surface area contributed by atoms with Crippen LogP contribution in [-0.2, 0) is 6.61 Å². The number of nitrogens with one attached hydrogen (secondary N) is 1. The molecule has 31 heavy (non-hydrogen) atoms. The number of H-pyrrole nitrogens is 1. The summed E-state index contributed by atoms with van der Waals surface area (Å²) in [6, 6.07) is 23.9. The van der Waals surface area contributed by atoms with Gasteiger partial charge in [-0.2, -0.15) is 5.26 Å². The van der Waals surface area contributed by atoms with Crippen LogP contribution in [-0.4, -0.2) is 16.6 Å². The molecule has 0 aliphatic rings. The van der Waals surface area contributed by atoms with Gasteiger partial charge in [0, 0.05) is 0 Å². The summed E-state index contributed by atoms with van der Waals surface area (Å²) in [6.07, 6.45) is 1.80. The lowest BCUT2D eigenvalue weighted by atomic mass is 10.1. The van der Waals surface area contributed by atoms with E-state index in [0.29, 0.717) is 36.1 Å². The molecule has 1 N–H and O–H groups in total. The van der Waals surface area contributed by atoms with Gasteiger partial charge < -0.3 is 14.5 Å². The van der Waals surface area contributed by atoms with E-state index in [9.17, 15) is 5.26 Å². The number of allylic oxidation sites excluding steroid dienone is 1. The van der Waals surface area contributed by atoms with E-state index in [1.165, 1.54) is 5.56 Å². The van der Waals surface area contributed by atoms with Crippen molar-refractivity contribution in [3.63, 3.8) is 0 Å². The van der Waals surface area contributed by atoms with E-state index in [-0.39, 0.29) is 0 Å². The summed E-state index contributed by atoms with van der Waals surface area (Å²) in [5.41, 5.74) is 5.32. The van der Waals surface area contributed by atoms with E-state index >= 15 is 0 Å². The minimum Gasteiger partial charge on any atom is -0.490 e. The largest absolute Gasteiger partial charge is 0.490 e. The van der Waals surface area contributed by atoms with Crippen molar-refractivity contribution in [2.24, 2.45) is 0 Å². The number of aryl methyl sites for hydroxylation is 1. The first-order chi connectivity index (χ1) is 15.2. The summed E-state index contributed by atoms with van der Waals surface area (Å²) in [5.74, 6) is 1.86. The summed E-state index contributed by atoms with van der Waals surface area (Å²) in [6.45, 7) is 4.97. The summed E-state index contributed by atoms with van der Waals surface area (Å²) < 4.78 is 11.8. The Hall–Kier alpha value is -4.04. The first-order valence-corrected chi connectivity index (χ1v) is 10.2. The number of benzene rings is 3. The number of ether oxygens (including phenoxy) is 2. The molecule has 5 heteroatoms. The van der Waals surface area contributed by atoms with Crippen molar-refractivity contribution >= 4 is 22.7 Å². The topological polar surface area (TPSA) is 70.9 Å². The van der Waals surface area contributed by atoms with Crippen LogP contribution in [0.25, 0.3) is 22.7 Å². The maximum atomic E-state index is 9.69. The second-order valence-electron chi connectivity index (χ2n) is 7.19. The molecule has 154 valence electrons. The fraction of sp³-hybridized carbons (Fsp3) is 0.154. The van der Waals surface area contributed by atoms with Crippen LogP contribution in [0.3, 0.4) is 0 Å². The monoisotopic (exact) mass is 409 g/mol. The molecule has 0 saturated carbocycles. The molecule has 1 heterocycles. The van der Waals surface area contributed by atoms with Crippen molar-refractivity contribution in [2.45, 2.75) is 20.5 Å². The fourth-order valence-electron chi connectivity index (χ4n) is 3.25. The summed E-state index contributed by atoms with van der Waals surface area (Å²) >= 11 is 0. The van der Waals surface area contributed by atoms with Gasteiger partial charge in [0.2, 0.25) is 0 Å². The first kappa shape index (κ1) is 20.2. The van der Waals surface area contributed by atoms with Crippen molar-refractivity contribution in [2.75, 3.05) is 6.61 Å². The molecule has 3 aromatic carbocycles. The maximum Gasteiger partial charge on any atom is 0.161 e. The molecule has 0 bridgehead atoms. The van der Waals surface area contributed by atoms with E-state index in [1.807, 2.05) is 49.4 Å². The van der Waals surface area contributed by atoms with Crippen molar-refractivity contribution in [3.8, 4) is 17.6 Å². The zero-order valence-corrected chi connectivity index (χ0v) is 17.6. The Morgan fingerprint density at radius 1 is 1.03 bits per heavy atom. The Kier molecular flexibility index (Phi) is 6.00. The van der Waals surface area contributed by atoms with Gasteiger partial charge in [0.25, 0.3) is 0 Å². The van der Waals surface area contributed by atoms with E-state index in [1.54, 1.807) is 6.08 Å². The van der Waals surface area contributed by atoms with E-state index < -0.39 is 0 Å². The number of imidazole rings is 1. The van der Waals surface area contributed by atoms with Crippen LogP contribution < -0.4 is 9.47 Å². The number of fused-ring (bicyclic) bond motifs is 1. The quantitative estimate of drug-likeness (QED) is 0.385. The van der Waals surface area contributed by atoms with Gasteiger partial charge >= 0.3 is 0 Å². The number of aromatic nitrogens is 2. The van der Waals surface area contributed by atoms with Crippen LogP contribution >= 0.6 is 0 Å². The van der Waals surface area contributed by atoms with Crippen molar-refractivity contribution in [1.29, 1.82) is 5.26 Å². The van der Waals surface area contributed by atoms with Gasteiger partial charge in [0.05, 0.1) is 23.2 Å². The zero-order chi connectivity index (χ0) is 21.6. The molecule has 0 unspecified atom stereocenters.